The Bertz CT molecular complexity index is 185. The molecule has 1 aliphatic heterocycles. The SMILES string of the molecule is CCCC(CNC)N1CCCC(C(C)C)CC1. The molecule has 17 heavy (non-hydrogen) atoms. The third-order valence-electron chi connectivity index (χ3n) is 4.33. The quantitative estimate of drug-likeness (QED) is 0.767. The Labute approximate surface area is 108 Å². The lowest BCUT2D eigenvalue weighted by Crippen LogP contribution is -2.42. The van der Waals surface area contributed by atoms with E-state index in [1.54, 1.807) is 0 Å². The molecule has 0 aromatic carbocycles. The van der Waals surface area contributed by atoms with Gasteiger partial charge < -0.3 is 5.32 Å². The van der Waals surface area contributed by atoms with Crippen LogP contribution in [0.15, 0.2) is 0 Å². The van der Waals surface area contributed by atoms with E-state index in [4.69, 9.17) is 0 Å². The lowest BCUT2D eigenvalue weighted by molar-refractivity contribution is 0.185. The van der Waals surface area contributed by atoms with Gasteiger partial charge in [-0.3, -0.25) is 4.90 Å². The maximum absolute atomic E-state index is 3.36. The predicted molar refractivity (Wildman–Crippen MR) is 76.4 cm³/mol. The van der Waals surface area contributed by atoms with Gasteiger partial charge in [0, 0.05) is 12.6 Å². The van der Waals surface area contributed by atoms with Crippen LogP contribution in [0.3, 0.4) is 0 Å². The molecule has 0 aliphatic carbocycles. The molecular formula is C15H32N2. The second-order valence-corrected chi connectivity index (χ2v) is 5.97. The number of rotatable bonds is 6. The molecule has 0 aromatic heterocycles. The van der Waals surface area contributed by atoms with E-state index in [1.165, 1.54) is 45.2 Å². The summed E-state index contributed by atoms with van der Waals surface area (Å²) in [6, 6.07) is 0.760. The Balaban J connectivity index is 2.47. The van der Waals surface area contributed by atoms with Crippen LogP contribution in [0.5, 0.6) is 0 Å². The monoisotopic (exact) mass is 240 g/mol. The molecular weight excluding hydrogens is 208 g/mol. The van der Waals surface area contributed by atoms with Gasteiger partial charge in [0.2, 0.25) is 0 Å². The summed E-state index contributed by atoms with van der Waals surface area (Å²) in [4.78, 5) is 2.74. The van der Waals surface area contributed by atoms with E-state index in [2.05, 4.69) is 38.0 Å². The molecule has 0 aromatic rings. The van der Waals surface area contributed by atoms with E-state index in [-0.39, 0.29) is 0 Å². The molecule has 0 saturated carbocycles. The Morgan fingerprint density at radius 2 is 2.00 bits per heavy atom. The van der Waals surface area contributed by atoms with Crippen molar-refractivity contribution >= 4 is 0 Å². The maximum atomic E-state index is 3.36. The minimum atomic E-state index is 0.760. The number of hydrogen-bond acceptors (Lipinski definition) is 2. The van der Waals surface area contributed by atoms with Crippen molar-refractivity contribution in [3.8, 4) is 0 Å². The minimum absolute atomic E-state index is 0.760. The molecule has 1 fully saturated rings. The Morgan fingerprint density at radius 1 is 1.24 bits per heavy atom. The summed E-state index contributed by atoms with van der Waals surface area (Å²) in [6.45, 7) is 10.9. The summed E-state index contributed by atoms with van der Waals surface area (Å²) >= 11 is 0. The van der Waals surface area contributed by atoms with E-state index < -0.39 is 0 Å². The van der Waals surface area contributed by atoms with E-state index in [9.17, 15) is 0 Å². The topological polar surface area (TPSA) is 15.3 Å². The molecule has 1 rings (SSSR count). The molecule has 0 spiro atoms. The number of hydrogen-bond donors (Lipinski definition) is 1. The van der Waals surface area contributed by atoms with Gasteiger partial charge in [-0.1, -0.05) is 27.2 Å². The summed E-state index contributed by atoms with van der Waals surface area (Å²) in [7, 11) is 2.08. The molecule has 1 heterocycles. The van der Waals surface area contributed by atoms with Crippen molar-refractivity contribution in [2.75, 3.05) is 26.7 Å². The molecule has 1 saturated heterocycles. The van der Waals surface area contributed by atoms with Crippen LogP contribution in [-0.4, -0.2) is 37.6 Å². The van der Waals surface area contributed by atoms with Crippen molar-refractivity contribution < 1.29 is 0 Å². The largest absolute Gasteiger partial charge is 0.318 e. The lowest BCUT2D eigenvalue weighted by Gasteiger charge is -2.30. The number of likely N-dealkylation sites (N-methyl/N-ethyl adjacent to an activating group) is 1. The van der Waals surface area contributed by atoms with Gasteiger partial charge in [0.05, 0.1) is 0 Å². The highest BCUT2D eigenvalue weighted by Gasteiger charge is 2.23. The summed E-state index contributed by atoms with van der Waals surface area (Å²) in [6.07, 6.45) is 6.88. The molecule has 1 aliphatic rings. The second kappa shape index (κ2) is 8.10. The Hall–Kier alpha value is -0.0800. The molecule has 0 radical (unpaired) electrons. The fraction of sp³-hybridized carbons (Fsp3) is 1.00. The molecule has 1 N–H and O–H groups in total. The zero-order valence-electron chi connectivity index (χ0n) is 12.3. The lowest BCUT2D eigenvalue weighted by atomic mass is 9.89. The maximum Gasteiger partial charge on any atom is 0.0220 e. The van der Waals surface area contributed by atoms with Crippen LogP contribution in [0.1, 0.15) is 52.9 Å². The first-order valence-electron chi connectivity index (χ1n) is 7.57. The molecule has 102 valence electrons. The normalized spacial score (nSPS) is 24.9. The second-order valence-electron chi connectivity index (χ2n) is 5.97. The predicted octanol–water partition coefficient (Wildman–Crippen LogP) is 3.13. The minimum Gasteiger partial charge on any atom is -0.318 e. The highest BCUT2D eigenvalue weighted by Crippen LogP contribution is 2.25. The highest BCUT2D eigenvalue weighted by molar-refractivity contribution is 4.78. The number of nitrogens with one attached hydrogen (secondary N) is 1. The zero-order valence-corrected chi connectivity index (χ0v) is 12.3. The van der Waals surface area contributed by atoms with Crippen molar-refractivity contribution in [3.05, 3.63) is 0 Å². The summed E-state index contributed by atoms with van der Waals surface area (Å²) in [5.41, 5.74) is 0. The van der Waals surface area contributed by atoms with Crippen molar-refractivity contribution in [1.82, 2.24) is 10.2 Å². The molecule has 0 bridgehead atoms. The van der Waals surface area contributed by atoms with Crippen LogP contribution < -0.4 is 5.32 Å². The summed E-state index contributed by atoms with van der Waals surface area (Å²) < 4.78 is 0. The van der Waals surface area contributed by atoms with Crippen molar-refractivity contribution in [1.29, 1.82) is 0 Å². The van der Waals surface area contributed by atoms with Gasteiger partial charge in [-0.15, -0.1) is 0 Å². The van der Waals surface area contributed by atoms with Crippen LogP contribution in [0.2, 0.25) is 0 Å². The first-order chi connectivity index (χ1) is 8.19. The van der Waals surface area contributed by atoms with Gasteiger partial charge in [0.15, 0.2) is 0 Å². The van der Waals surface area contributed by atoms with E-state index in [0.29, 0.717) is 0 Å². The van der Waals surface area contributed by atoms with Crippen LogP contribution >= 0.6 is 0 Å². The van der Waals surface area contributed by atoms with Crippen LogP contribution in [0, 0.1) is 11.8 Å². The van der Waals surface area contributed by atoms with Crippen LogP contribution in [0.4, 0.5) is 0 Å². The van der Waals surface area contributed by atoms with Gasteiger partial charge in [-0.25, -0.2) is 0 Å². The average molecular weight is 240 g/mol. The molecule has 2 unspecified atom stereocenters. The van der Waals surface area contributed by atoms with E-state index in [0.717, 1.165) is 24.4 Å². The fourth-order valence-corrected chi connectivity index (χ4v) is 3.16. The third kappa shape index (κ3) is 4.97. The van der Waals surface area contributed by atoms with Gasteiger partial charge in [0.25, 0.3) is 0 Å². The third-order valence-corrected chi connectivity index (χ3v) is 4.33. The standard InChI is InChI=1S/C15H32N2/c1-5-7-15(12-16-4)17-10-6-8-14(9-11-17)13(2)3/h13-16H,5-12H2,1-4H3. The number of likely N-dealkylation sites (tertiary alicyclic amines) is 1. The van der Waals surface area contributed by atoms with Crippen LogP contribution in [-0.2, 0) is 0 Å². The average Bonchev–Trinajstić information content (AvgIpc) is 2.54. The van der Waals surface area contributed by atoms with E-state index in [1.807, 2.05) is 0 Å². The summed E-state index contributed by atoms with van der Waals surface area (Å²) in [5.74, 6) is 1.82. The smallest absolute Gasteiger partial charge is 0.0220 e. The Morgan fingerprint density at radius 3 is 2.59 bits per heavy atom. The Kier molecular flexibility index (Phi) is 7.14. The fourth-order valence-electron chi connectivity index (χ4n) is 3.16. The molecule has 2 nitrogen and oxygen atoms in total. The first kappa shape index (κ1) is 15.0. The molecule has 2 heteroatoms. The van der Waals surface area contributed by atoms with Gasteiger partial charge in [-0.05, 0) is 57.7 Å². The molecule has 2 atom stereocenters. The van der Waals surface area contributed by atoms with Crippen molar-refractivity contribution in [2.45, 2.75) is 58.9 Å². The van der Waals surface area contributed by atoms with Crippen LogP contribution in [0.25, 0.3) is 0 Å². The first-order valence-corrected chi connectivity index (χ1v) is 7.57. The summed E-state index contributed by atoms with van der Waals surface area (Å²) in [5, 5.41) is 3.36. The zero-order chi connectivity index (χ0) is 12.7. The van der Waals surface area contributed by atoms with Gasteiger partial charge in [0.1, 0.15) is 0 Å². The van der Waals surface area contributed by atoms with Gasteiger partial charge in [-0.2, -0.15) is 0 Å². The number of nitrogens with zero attached hydrogens (tertiary/aromatic N) is 1. The highest BCUT2D eigenvalue weighted by atomic mass is 15.2. The van der Waals surface area contributed by atoms with Crippen molar-refractivity contribution in [3.63, 3.8) is 0 Å². The van der Waals surface area contributed by atoms with E-state index >= 15 is 0 Å². The van der Waals surface area contributed by atoms with Crippen molar-refractivity contribution in [2.24, 2.45) is 11.8 Å². The van der Waals surface area contributed by atoms with Gasteiger partial charge >= 0.3 is 0 Å². The molecule has 0 amide bonds.